The smallest absolute Gasteiger partial charge is 0.328 e. The third-order valence-corrected chi connectivity index (χ3v) is 7.13. The summed E-state index contributed by atoms with van der Waals surface area (Å²) in [5.74, 6) is -1.84. The highest BCUT2D eigenvalue weighted by molar-refractivity contribution is 7.90. The van der Waals surface area contributed by atoms with Crippen LogP contribution in [0.3, 0.4) is 0 Å². The van der Waals surface area contributed by atoms with E-state index in [0.717, 1.165) is 37.1 Å². The van der Waals surface area contributed by atoms with Gasteiger partial charge in [-0.25, -0.2) is 18.0 Å². The third kappa shape index (κ3) is 9.50. The van der Waals surface area contributed by atoms with Gasteiger partial charge in [0.1, 0.15) is 5.60 Å². The number of sulfone groups is 1. The average molecular weight is 548 g/mol. The summed E-state index contributed by atoms with van der Waals surface area (Å²) in [6.45, 7) is 11.9. The lowest BCUT2D eigenvalue weighted by Crippen LogP contribution is -2.40. The van der Waals surface area contributed by atoms with Crippen LogP contribution in [0.5, 0.6) is 11.5 Å². The minimum atomic E-state index is -3.20. The molecule has 3 rings (SSSR count). The predicted molar refractivity (Wildman–Crippen MR) is 144 cm³/mol. The normalized spacial score (nSPS) is 14.1. The summed E-state index contributed by atoms with van der Waals surface area (Å²) < 4.78 is 29.6. The number of phenols is 1. The van der Waals surface area contributed by atoms with Crippen LogP contribution in [-0.2, 0) is 38.9 Å². The van der Waals surface area contributed by atoms with Crippen LogP contribution < -0.4 is 4.74 Å². The van der Waals surface area contributed by atoms with Gasteiger partial charge in [-0.2, -0.15) is 0 Å². The van der Waals surface area contributed by atoms with Crippen molar-refractivity contribution in [3.05, 3.63) is 65.2 Å². The molecule has 1 aliphatic heterocycles. The van der Waals surface area contributed by atoms with E-state index in [1.807, 2.05) is 45.0 Å². The van der Waals surface area contributed by atoms with E-state index in [2.05, 4.69) is 18.7 Å². The van der Waals surface area contributed by atoms with Crippen molar-refractivity contribution in [3.63, 3.8) is 0 Å². The van der Waals surface area contributed by atoms with E-state index in [-0.39, 0.29) is 16.9 Å². The number of hydrogen-bond acceptors (Lipinski definition) is 7. The van der Waals surface area contributed by atoms with Crippen molar-refractivity contribution < 1.29 is 38.1 Å². The summed E-state index contributed by atoms with van der Waals surface area (Å²) >= 11 is 0. The van der Waals surface area contributed by atoms with E-state index in [0.29, 0.717) is 22.8 Å². The number of benzene rings is 2. The molecule has 0 unspecified atom stereocenters. The molecule has 0 fully saturated rings. The largest absolute Gasteiger partial charge is 0.504 e. The van der Waals surface area contributed by atoms with Gasteiger partial charge in [-0.1, -0.05) is 12.1 Å². The molecule has 1 aliphatic rings. The van der Waals surface area contributed by atoms with Crippen LogP contribution in [0.4, 0.5) is 0 Å². The van der Waals surface area contributed by atoms with Gasteiger partial charge >= 0.3 is 11.9 Å². The van der Waals surface area contributed by atoms with Crippen molar-refractivity contribution >= 4 is 21.8 Å². The molecule has 2 aromatic carbocycles. The Morgan fingerprint density at radius 2 is 1.53 bits per heavy atom. The van der Waals surface area contributed by atoms with Crippen molar-refractivity contribution in [1.29, 1.82) is 0 Å². The predicted octanol–water partition coefficient (Wildman–Crippen LogP) is 4.41. The van der Waals surface area contributed by atoms with E-state index < -0.39 is 21.8 Å². The Balaban J connectivity index is 0.000000550. The van der Waals surface area contributed by atoms with Crippen molar-refractivity contribution in [1.82, 2.24) is 4.90 Å². The maximum absolute atomic E-state index is 11.9. The molecule has 0 spiro atoms. The Kier molecular flexibility index (Phi) is 9.74. The highest BCUT2D eigenvalue weighted by Gasteiger charge is 2.32. The zero-order valence-corrected chi connectivity index (χ0v) is 23.5. The molecule has 0 saturated heterocycles. The van der Waals surface area contributed by atoms with E-state index in [1.165, 1.54) is 11.8 Å². The van der Waals surface area contributed by atoms with Crippen LogP contribution in [0.15, 0.2) is 53.4 Å². The molecule has 0 amide bonds. The Morgan fingerprint density at radius 1 is 0.947 bits per heavy atom. The van der Waals surface area contributed by atoms with Crippen molar-refractivity contribution in [2.24, 2.45) is 0 Å². The van der Waals surface area contributed by atoms with Gasteiger partial charge in [0, 0.05) is 37.0 Å². The molecule has 208 valence electrons. The Bertz CT molecular complexity index is 1290. The minimum Gasteiger partial charge on any atom is -0.504 e. The SMILES string of the molecule is CC(C)(C)Oc1cc(CCC(C)(C)N2Cc3ccc(S(C)(=O)=O)cc3C2)ccc1O.O=C(O)/C=C/C(=O)O. The standard InChI is InChI=1S/C24H33NO4S.C4H4O4/c1-23(2,3)29-22-13-17(7-10-21(22)26)11-12-24(4,5)25-15-18-8-9-20(30(6,27)28)14-19(18)16-25;5-3(6)1-2-4(7)8/h7-10,13-14,26H,11-12,15-16H2,1-6H3;1-2H,(H,5,6)(H,7,8)/b;2-1+. The zero-order valence-electron chi connectivity index (χ0n) is 22.7. The highest BCUT2D eigenvalue weighted by atomic mass is 32.2. The Labute approximate surface area is 224 Å². The molecular weight excluding hydrogens is 510 g/mol. The quantitative estimate of drug-likeness (QED) is 0.410. The topological polar surface area (TPSA) is 141 Å². The maximum atomic E-state index is 11.9. The minimum absolute atomic E-state index is 0.0623. The van der Waals surface area contributed by atoms with Crippen molar-refractivity contribution in [2.45, 2.75) is 76.6 Å². The van der Waals surface area contributed by atoms with E-state index in [4.69, 9.17) is 14.9 Å². The first-order valence-corrected chi connectivity index (χ1v) is 14.0. The number of aliphatic carboxylic acids is 2. The molecule has 9 nitrogen and oxygen atoms in total. The first-order chi connectivity index (χ1) is 17.4. The Morgan fingerprint density at radius 3 is 2.05 bits per heavy atom. The lowest BCUT2D eigenvalue weighted by Gasteiger charge is -2.35. The first-order valence-electron chi connectivity index (χ1n) is 12.1. The Hall–Kier alpha value is -3.37. The van der Waals surface area contributed by atoms with Crippen LogP contribution in [0, 0.1) is 0 Å². The zero-order chi connectivity index (χ0) is 28.9. The third-order valence-electron chi connectivity index (χ3n) is 6.02. The summed E-state index contributed by atoms with van der Waals surface area (Å²) in [7, 11) is -3.20. The highest BCUT2D eigenvalue weighted by Crippen LogP contribution is 2.35. The van der Waals surface area contributed by atoms with Gasteiger partial charge in [-0.05, 0) is 88.4 Å². The fourth-order valence-electron chi connectivity index (χ4n) is 3.91. The van der Waals surface area contributed by atoms with Crippen LogP contribution in [-0.4, -0.2) is 58.0 Å². The second-order valence-corrected chi connectivity index (χ2v) is 12.9. The summed E-state index contributed by atoms with van der Waals surface area (Å²) in [6.07, 6.45) is 4.15. The van der Waals surface area contributed by atoms with Crippen molar-refractivity contribution in [3.8, 4) is 11.5 Å². The molecule has 10 heteroatoms. The number of ether oxygens (including phenoxy) is 1. The number of carboxylic acids is 2. The number of hydrogen-bond donors (Lipinski definition) is 3. The number of carbonyl (C=O) groups is 2. The molecular formula is C28H37NO8S. The average Bonchev–Trinajstić information content (AvgIpc) is 3.22. The summed E-state index contributed by atoms with van der Waals surface area (Å²) in [5, 5.41) is 25.7. The number of fused-ring (bicyclic) bond motifs is 1. The number of carboxylic acid groups (broad SMARTS) is 2. The first kappa shape index (κ1) is 30.9. The maximum Gasteiger partial charge on any atom is 0.328 e. The van der Waals surface area contributed by atoms with E-state index in [1.54, 1.807) is 12.1 Å². The molecule has 1 heterocycles. The molecule has 0 aromatic heterocycles. The van der Waals surface area contributed by atoms with Gasteiger partial charge in [0.05, 0.1) is 4.90 Å². The monoisotopic (exact) mass is 547 g/mol. The van der Waals surface area contributed by atoms with Crippen LogP contribution in [0.1, 0.15) is 57.7 Å². The molecule has 0 saturated carbocycles. The summed E-state index contributed by atoms with van der Waals surface area (Å²) in [6, 6.07) is 11.0. The second kappa shape index (κ2) is 12.0. The van der Waals surface area contributed by atoms with E-state index >= 15 is 0 Å². The molecule has 0 atom stereocenters. The fourth-order valence-corrected chi connectivity index (χ4v) is 4.58. The summed E-state index contributed by atoms with van der Waals surface area (Å²) in [5.41, 5.74) is 2.98. The van der Waals surface area contributed by atoms with Gasteiger partial charge in [0.2, 0.25) is 0 Å². The van der Waals surface area contributed by atoms with Gasteiger partial charge in [-0.15, -0.1) is 0 Å². The molecule has 3 N–H and O–H groups in total. The van der Waals surface area contributed by atoms with Gasteiger partial charge in [0.25, 0.3) is 0 Å². The fraction of sp³-hybridized carbons (Fsp3) is 0.429. The molecule has 38 heavy (non-hydrogen) atoms. The number of aryl methyl sites for hydroxylation is 1. The van der Waals surface area contributed by atoms with Crippen molar-refractivity contribution in [2.75, 3.05) is 6.26 Å². The number of nitrogens with zero attached hydrogens (tertiary/aromatic N) is 1. The van der Waals surface area contributed by atoms with Gasteiger partial charge in [0.15, 0.2) is 21.3 Å². The molecule has 2 aromatic rings. The van der Waals surface area contributed by atoms with Gasteiger partial charge < -0.3 is 20.1 Å². The van der Waals surface area contributed by atoms with Crippen LogP contribution in [0.2, 0.25) is 0 Å². The van der Waals surface area contributed by atoms with Crippen LogP contribution >= 0.6 is 0 Å². The van der Waals surface area contributed by atoms with Crippen LogP contribution in [0.25, 0.3) is 0 Å². The lowest BCUT2D eigenvalue weighted by molar-refractivity contribution is -0.134. The number of rotatable bonds is 8. The second-order valence-electron chi connectivity index (χ2n) is 10.9. The number of phenolic OH excluding ortho intramolecular Hbond substituents is 1. The number of aromatic hydroxyl groups is 1. The van der Waals surface area contributed by atoms with Gasteiger partial charge in [-0.3, -0.25) is 4.90 Å². The lowest BCUT2D eigenvalue weighted by atomic mass is 9.93. The molecule has 0 radical (unpaired) electrons. The molecule has 0 aliphatic carbocycles. The molecule has 0 bridgehead atoms. The van der Waals surface area contributed by atoms with E-state index in [9.17, 15) is 23.1 Å². The summed E-state index contributed by atoms with van der Waals surface area (Å²) in [4.78, 5) is 21.9.